The molecular weight excluding hydrogens is 292 g/mol. The van der Waals surface area contributed by atoms with Crippen LogP contribution in [0.15, 0.2) is 0 Å². The van der Waals surface area contributed by atoms with Crippen molar-refractivity contribution in [3.05, 3.63) is 0 Å². The number of unbranched alkanes of at least 4 members (excludes halogenated alkanes) is 9. The number of esters is 2. The molecule has 0 spiro atoms. The molecule has 1 unspecified atom stereocenters. The van der Waals surface area contributed by atoms with Gasteiger partial charge in [-0.05, 0) is 19.3 Å². The summed E-state index contributed by atoms with van der Waals surface area (Å²) in [6.07, 6.45) is 14.7. The number of carbonyl (C=O) groups is 2. The molecule has 0 aliphatic carbocycles. The van der Waals surface area contributed by atoms with E-state index in [0.29, 0.717) is 0 Å². The average Bonchev–Trinajstić information content (AvgIpc) is 2.53. The van der Waals surface area contributed by atoms with E-state index in [4.69, 9.17) is 4.74 Å². The summed E-state index contributed by atoms with van der Waals surface area (Å²) in [5.74, 6) is -0.899. The Hall–Kier alpha value is -1.06. The van der Waals surface area contributed by atoms with Gasteiger partial charge in [0.25, 0.3) is 0 Å². The standard InChI is InChI=1S/C19H36O4/c1-4-6-7-8-9-10-11-12-13-14-15-18(5-2)23-19(21)16-22-17(3)20/h18H,4-16H2,1-3H3. The van der Waals surface area contributed by atoms with Gasteiger partial charge in [-0.15, -0.1) is 0 Å². The Morgan fingerprint density at radius 1 is 0.826 bits per heavy atom. The van der Waals surface area contributed by atoms with E-state index in [-0.39, 0.29) is 12.7 Å². The highest BCUT2D eigenvalue weighted by atomic mass is 16.6. The van der Waals surface area contributed by atoms with Crippen molar-refractivity contribution in [2.75, 3.05) is 6.61 Å². The van der Waals surface area contributed by atoms with Gasteiger partial charge in [0.15, 0.2) is 6.61 Å². The Bertz CT molecular complexity index is 302. The fraction of sp³-hybridized carbons (Fsp3) is 0.895. The van der Waals surface area contributed by atoms with Crippen molar-refractivity contribution in [1.82, 2.24) is 0 Å². The Morgan fingerprint density at radius 2 is 1.35 bits per heavy atom. The van der Waals surface area contributed by atoms with Gasteiger partial charge < -0.3 is 9.47 Å². The van der Waals surface area contributed by atoms with Gasteiger partial charge in [0.05, 0.1) is 0 Å². The van der Waals surface area contributed by atoms with Crippen LogP contribution in [-0.4, -0.2) is 24.6 Å². The largest absolute Gasteiger partial charge is 0.460 e. The highest BCUT2D eigenvalue weighted by Gasteiger charge is 2.13. The second-order valence-corrected chi connectivity index (χ2v) is 6.27. The normalized spacial score (nSPS) is 12.0. The van der Waals surface area contributed by atoms with Crippen LogP contribution in [0.3, 0.4) is 0 Å². The quantitative estimate of drug-likeness (QED) is 0.307. The third-order valence-corrected chi connectivity index (χ3v) is 4.03. The lowest BCUT2D eigenvalue weighted by Gasteiger charge is -2.16. The molecular formula is C19H36O4. The van der Waals surface area contributed by atoms with Crippen LogP contribution in [0.2, 0.25) is 0 Å². The maximum Gasteiger partial charge on any atom is 0.344 e. The summed E-state index contributed by atoms with van der Waals surface area (Å²) in [6, 6.07) is 0. The molecule has 0 radical (unpaired) electrons. The molecule has 4 nitrogen and oxygen atoms in total. The van der Waals surface area contributed by atoms with E-state index in [1.165, 1.54) is 64.7 Å². The summed E-state index contributed by atoms with van der Waals surface area (Å²) in [7, 11) is 0. The van der Waals surface area contributed by atoms with Gasteiger partial charge in [-0.25, -0.2) is 4.79 Å². The predicted molar refractivity (Wildman–Crippen MR) is 93.3 cm³/mol. The van der Waals surface area contributed by atoms with Crippen molar-refractivity contribution in [3.63, 3.8) is 0 Å². The summed E-state index contributed by atoms with van der Waals surface area (Å²) in [4.78, 5) is 22.1. The number of ether oxygens (including phenoxy) is 2. The zero-order valence-corrected chi connectivity index (χ0v) is 15.4. The van der Waals surface area contributed by atoms with Gasteiger partial charge in [0.1, 0.15) is 6.10 Å². The SMILES string of the molecule is CCCCCCCCCCCCC(CC)OC(=O)COC(C)=O. The van der Waals surface area contributed by atoms with E-state index in [9.17, 15) is 9.59 Å². The van der Waals surface area contributed by atoms with Crippen molar-refractivity contribution in [2.45, 2.75) is 104 Å². The maximum atomic E-state index is 11.5. The predicted octanol–water partition coefficient (Wildman–Crippen LogP) is 5.18. The first-order valence-electron chi connectivity index (χ1n) is 9.43. The molecule has 0 aliphatic heterocycles. The van der Waals surface area contributed by atoms with E-state index >= 15 is 0 Å². The molecule has 0 aromatic heterocycles. The van der Waals surface area contributed by atoms with E-state index in [1.54, 1.807) is 0 Å². The molecule has 0 aliphatic rings. The molecule has 0 N–H and O–H groups in total. The fourth-order valence-electron chi connectivity index (χ4n) is 2.59. The second-order valence-electron chi connectivity index (χ2n) is 6.27. The first kappa shape index (κ1) is 21.9. The fourth-order valence-corrected chi connectivity index (χ4v) is 2.59. The molecule has 0 rings (SSSR count). The van der Waals surface area contributed by atoms with E-state index in [0.717, 1.165) is 19.3 Å². The molecule has 0 saturated carbocycles. The minimum Gasteiger partial charge on any atom is -0.460 e. The van der Waals surface area contributed by atoms with E-state index < -0.39 is 11.9 Å². The van der Waals surface area contributed by atoms with Crippen LogP contribution >= 0.6 is 0 Å². The maximum absolute atomic E-state index is 11.5. The number of carbonyl (C=O) groups excluding carboxylic acids is 2. The molecule has 136 valence electrons. The summed E-state index contributed by atoms with van der Waals surface area (Å²) >= 11 is 0. The van der Waals surface area contributed by atoms with Gasteiger partial charge in [0, 0.05) is 6.92 Å². The van der Waals surface area contributed by atoms with Crippen molar-refractivity contribution in [2.24, 2.45) is 0 Å². The molecule has 4 heteroatoms. The average molecular weight is 328 g/mol. The Labute approximate surface area is 142 Å². The lowest BCUT2D eigenvalue weighted by molar-refractivity contribution is -0.161. The monoisotopic (exact) mass is 328 g/mol. The highest BCUT2D eigenvalue weighted by Crippen LogP contribution is 2.14. The summed E-state index contributed by atoms with van der Waals surface area (Å²) in [5, 5.41) is 0. The zero-order chi connectivity index (χ0) is 17.3. The first-order valence-corrected chi connectivity index (χ1v) is 9.43. The minimum absolute atomic E-state index is 0.0490. The van der Waals surface area contributed by atoms with Gasteiger partial charge in [-0.2, -0.15) is 0 Å². The van der Waals surface area contributed by atoms with Gasteiger partial charge >= 0.3 is 11.9 Å². The zero-order valence-electron chi connectivity index (χ0n) is 15.4. The third kappa shape index (κ3) is 15.6. The van der Waals surface area contributed by atoms with Gasteiger partial charge in [0.2, 0.25) is 0 Å². The second kappa shape index (κ2) is 15.8. The highest BCUT2D eigenvalue weighted by molar-refractivity contribution is 5.75. The lowest BCUT2D eigenvalue weighted by atomic mass is 10.0. The first-order chi connectivity index (χ1) is 11.1. The third-order valence-electron chi connectivity index (χ3n) is 4.03. The van der Waals surface area contributed by atoms with E-state index in [2.05, 4.69) is 11.7 Å². The molecule has 0 aromatic rings. The van der Waals surface area contributed by atoms with Crippen LogP contribution in [0, 0.1) is 0 Å². The smallest absolute Gasteiger partial charge is 0.344 e. The molecule has 0 amide bonds. The van der Waals surface area contributed by atoms with Crippen molar-refractivity contribution < 1.29 is 19.1 Å². The molecule has 0 saturated heterocycles. The van der Waals surface area contributed by atoms with E-state index in [1.807, 2.05) is 6.92 Å². The number of rotatable bonds is 15. The van der Waals surface area contributed by atoms with Gasteiger partial charge in [-0.1, -0.05) is 71.6 Å². The van der Waals surface area contributed by atoms with Crippen LogP contribution in [0.25, 0.3) is 0 Å². The lowest BCUT2D eigenvalue weighted by Crippen LogP contribution is -2.22. The Morgan fingerprint density at radius 3 is 1.83 bits per heavy atom. The topological polar surface area (TPSA) is 52.6 Å². The van der Waals surface area contributed by atoms with Crippen LogP contribution in [-0.2, 0) is 19.1 Å². The molecule has 0 aromatic carbocycles. The van der Waals surface area contributed by atoms with Crippen LogP contribution in [0.4, 0.5) is 0 Å². The summed E-state index contributed by atoms with van der Waals surface area (Å²) in [6.45, 7) is 5.27. The Balaban J connectivity index is 3.49. The Kier molecular flexibility index (Phi) is 15.1. The number of hydrogen-bond donors (Lipinski definition) is 0. The minimum atomic E-state index is -0.454. The number of hydrogen-bond acceptors (Lipinski definition) is 4. The summed E-state index contributed by atoms with van der Waals surface area (Å²) in [5.41, 5.74) is 0. The van der Waals surface area contributed by atoms with Crippen molar-refractivity contribution in [3.8, 4) is 0 Å². The summed E-state index contributed by atoms with van der Waals surface area (Å²) < 4.78 is 9.96. The van der Waals surface area contributed by atoms with Crippen molar-refractivity contribution >= 4 is 11.9 Å². The molecule has 23 heavy (non-hydrogen) atoms. The van der Waals surface area contributed by atoms with Gasteiger partial charge in [-0.3, -0.25) is 4.79 Å². The van der Waals surface area contributed by atoms with Crippen LogP contribution < -0.4 is 0 Å². The molecule has 0 fully saturated rings. The van der Waals surface area contributed by atoms with Crippen LogP contribution in [0.5, 0.6) is 0 Å². The van der Waals surface area contributed by atoms with Crippen LogP contribution in [0.1, 0.15) is 97.8 Å². The molecule has 0 bridgehead atoms. The van der Waals surface area contributed by atoms with Crippen molar-refractivity contribution in [1.29, 1.82) is 0 Å². The molecule has 1 atom stereocenters. The molecule has 0 heterocycles.